The standard InChI is InChI=1S/C15H15BrN4/c1-10-5-3-4-6-12(10)11(2)18-14-7-8-20-15(19-14)13(16)9-17-20/h3-9,11H,1-2H3,(H,18,19)/t11-/m1/s1. The van der Waals surface area contributed by atoms with E-state index in [2.05, 4.69) is 69.4 Å². The number of hydrogen-bond donors (Lipinski definition) is 1. The van der Waals surface area contributed by atoms with Crippen molar-refractivity contribution < 1.29 is 0 Å². The molecule has 1 N–H and O–H groups in total. The molecule has 3 rings (SSSR count). The second kappa shape index (κ2) is 5.25. The Morgan fingerprint density at radius 3 is 2.85 bits per heavy atom. The number of benzene rings is 1. The molecule has 0 unspecified atom stereocenters. The summed E-state index contributed by atoms with van der Waals surface area (Å²) in [5.41, 5.74) is 3.37. The first-order valence-corrected chi connectivity index (χ1v) is 7.26. The minimum Gasteiger partial charge on any atom is -0.363 e. The first-order valence-electron chi connectivity index (χ1n) is 6.47. The molecule has 102 valence electrons. The fourth-order valence-electron chi connectivity index (χ4n) is 2.29. The van der Waals surface area contributed by atoms with Gasteiger partial charge < -0.3 is 5.32 Å². The topological polar surface area (TPSA) is 42.2 Å². The van der Waals surface area contributed by atoms with Gasteiger partial charge in [0.15, 0.2) is 5.65 Å². The van der Waals surface area contributed by atoms with Crippen LogP contribution in [-0.2, 0) is 0 Å². The second-order valence-electron chi connectivity index (χ2n) is 4.80. The van der Waals surface area contributed by atoms with Gasteiger partial charge in [-0.05, 0) is 47.0 Å². The largest absolute Gasteiger partial charge is 0.363 e. The summed E-state index contributed by atoms with van der Waals surface area (Å²) in [5, 5.41) is 7.63. The van der Waals surface area contributed by atoms with E-state index in [0.29, 0.717) is 0 Å². The molecule has 2 aromatic heterocycles. The third-order valence-corrected chi connectivity index (χ3v) is 3.90. The summed E-state index contributed by atoms with van der Waals surface area (Å²) in [4.78, 5) is 4.57. The number of aryl methyl sites for hydroxylation is 1. The van der Waals surface area contributed by atoms with E-state index >= 15 is 0 Å². The molecule has 0 bridgehead atoms. The Morgan fingerprint density at radius 2 is 2.05 bits per heavy atom. The molecular formula is C15H15BrN4. The van der Waals surface area contributed by atoms with E-state index in [1.54, 1.807) is 10.7 Å². The second-order valence-corrected chi connectivity index (χ2v) is 5.65. The molecule has 0 saturated carbocycles. The fourth-order valence-corrected chi connectivity index (χ4v) is 2.66. The van der Waals surface area contributed by atoms with Crippen molar-refractivity contribution in [3.63, 3.8) is 0 Å². The Morgan fingerprint density at radius 1 is 1.25 bits per heavy atom. The number of anilines is 1. The van der Waals surface area contributed by atoms with Crippen LogP contribution in [0.4, 0.5) is 5.82 Å². The van der Waals surface area contributed by atoms with Gasteiger partial charge >= 0.3 is 0 Å². The van der Waals surface area contributed by atoms with Crippen LogP contribution in [0.15, 0.2) is 47.2 Å². The van der Waals surface area contributed by atoms with Crippen LogP contribution in [0.5, 0.6) is 0 Å². The van der Waals surface area contributed by atoms with Crippen molar-refractivity contribution in [3.05, 3.63) is 58.3 Å². The van der Waals surface area contributed by atoms with E-state index < -0.39 is 0 Å². The molecule has 0 radical (unpaired) electrons. The van der Waals surface area contributed by atoms with Crippen LogP contribution in [0.1, 0.15) is 24.1 Å². The Hall–Kier alpha value is -1.88. The van der Waals surface area contributed by atoms with Gasteiger partial charge in [-0.3, -0.25) is 0 Å². The number of hydrogen-bond acceptors (Lipinski definition) is 3. The highest BCUT2D eigenvalue weighted by Gasteiger charge is 2.09. The van der Waals surface area contributed by atoms with E-state index in [9.17, 15) is 0 Å². The molecule has 1 atom stereocenters. The third kappa shape index (κ3) is 2.41. The number of halogens is 1. The Kier molecular flexibility index (Phi) is 3.44. The maximum absolute atomic E-state index is 4.57. The highest BCUT2D eigenvalue weighted by atomic mass is 79.9. The predicted octanol–water partition coefficient (Wildman–Crippen LogP) is 3.97. The summed E-state index contributed by atoms with van der Waals surface area (Å²) in [6.07, 6.45) is 3.65. The lowest BCUT2D eigenvalue weighted by Gasteiger charge is -2.17. The molecule has 3 aromatic rings. The highest BCUT2D eigenvalue weighted by molar-refractivity contribution is 9.10. The first kappa shape index (κ1) is 13.1. The van der Waals surface area contributed by atoms with Gasteiger partial charge in [-0.2, -0.15) is 5.10 Å². The molecule has 20 heavy (non-hydrogen) atoms. The zero-order chi connectivity index (χ0) is 14.1. The SMILES string of the molecule is Cc1ccccc1[C@@H](C)Nc1ccn2ncc(Br)c2n1. The molecule has 0 fully saturated rings. The molecular weight excluding hydrogens is 316 g/mol. The molecule has 2 heterocycles. The summed E-state index contributed by atoms with van der Waals surface area (Å²) < 4.78 is 2.64. The summed E-state index contributed by atoms with van der Waals surface area (Å²) in [6.45, 7) is 4.26. The van der Waals surface area contributed by atoms with E-state index in [0.717, 1.165) is 15.9 Å². The van der Waals surface area contributed by atoms with Gasteiger partial charge in [-0.15, -0.1) is 0 Å². The number of aromatic nitrogens is 3. The summed E-state index contributed by atoms with van der Waals surface area (Å²) in [6, 6.07) is 10.5. The van der Waals surface area contributed by atoms with Crippen LogP contribution in [0.3, 0.4) is 0 Å². The first-order chi connectivity index (χ1) is 9.65. The summed E-state index contributed by atoms with van der Waals surface area (Å²) in [5.74, 6) is 0.842. The zero-order valence-corrected chi connectivity index (χ0v) is 12.9. The smallest absolute Gasteiger partial charge is 0.171 e. The van der Waals surface area contributed by atoms with Crippen molar-refractivity contribution in [3.8, 4) is 0 Å². The molecule has 1 aromatic carbocycles. The van der Waals surface area contributed by atoms with E-state index in [1.165, 1.54) is 11.1 Å². The average Bonchev–Trinajstić information content (AvgIpc) is 2.81. The Labute approximate surface area is 126 Å². The lowest BCUT2D eigenvalue weighted by atomic mass is 10.0. The fraction of sp³-hybridized carbons (Fsp3) is 0.200. The van der Waals surface area contributed by atoms with E-state index in [4.69, 9.17) is 0 Å². The molecule has 0 saturated heterocycles. The predicted molar refractivity (Wildman–Crippen MR) is 83.9 cm³/mol. The van der Waals surface area contributed by atoms with Crippen molar-refractivity contribution >= 4 is 27.4 Å². The van der Waals surface area contributed by atoms with Gasteiger partial charge in [0, 0.05) is 6.20 Å². The maximum atomic E-state index is 4.57. The zero-order valence-electron chi connectivity index (χ0n) is 11.3. The summed E-state index contributed by atoms with van der Waals surface area (Å²) in [7, 11) is 0. The summed E-state index contributed by atoms with van der Waals surface area (Å²) >= 11 is 3.45. The maximum Gasteiger partial charge on any atom is 0.171 e. The van der Waals surface area contributed by atoms with Crippen LogP contribution in [0.2, 0.25) is 0 Å². The van der Waals surface area contributed by atoms with Gasteiger partial charge in [0.2, 0.25) is 0 Å². The minimum atomic E-state index is 0.202. The molecule has 4 nitrogen and oxygen atoms in total. The van der Waals surface area contributed by atoms with Gasteiger partial charge in [0.05, 0.1) is 16.7 Å². The van der Waals surface area contributed by atoms with Crippen molar-refractivity contribution in [2.24, 2.45) is 0 Å². The molecule has 0 spiro atoms. The number of rotatable bonds is 3. The molecule has 0 aliphatic heterocycles. The van der Waals surface area contributed by atoms with Crippen molar-refractivity contribution in [2.75, 3.05) is 5.32 Å². The van der Waals surface area contributed by atoms with Crippen molar-refractivity contribution in [1.29, 1.82) is 0 Å². The molecule has 5 heteroatoms. The van der Waals surface area contributed by atoms with Crippen LogP contribution in [0, 0.1) is 6.92 Å². The van der Waals surface area contributed by atoms with Crippen LogP contribution in [-0.4, -0.2) is 14.6 Å². The third-order valence-electron chi connectivity index (χ3n) is 3.35. The number of nitrogens with zero attached hydrogens (tertiary/aromatic N) is 3. The van der Waals surface area contributed by atoms with Crippen LogP contribution in [0.25, 0.3) is 5.65 Å². The number of fused-ring (bicyclic) bond motifs is 1. The van der Waals surface area contributed by atoms with Gasteiger partial charge in [-0.1, -0.05) is 24.3 Å². The number of nitrogens with one attached hydrogen (secondary N) is 1. The highest BCUT2D eigenvalue weighted by Crippen LogP contribution is 2.22. The molecule has 0 aliphatic carbocycles. The van der Waals surface area contributed by atoms with Crippen molar-refractivity contribution in [2.45, 2.75) is 19.9 Å². The lowest BCUT2D eigenvalue weighted by Crippen LogP contribution is -2.09. The van der Waals surface area contributed by atoms with E-state index in [1.807, 2.05) is 12.3 Å². The Balaban J connectivity index is 1.89. The minimum absolute atomic E-state index is 0.202. The van der Waals surface area contributed by atoms with Gasteiger partial charge in [0.1, 0.15) is 5.82 Å². The van der Waals surface area contributed by atoms with Gasteiger partial charge in [-0.25, -0.2) is 9.50 Å². The van der Waals surface area contributed by atoms with E-state index in [-0.39, 0.29) is 6.04 Å². The normalized spacial score (nSPS) is 12.6. The average molecular weight is 331 g/mol. The lowest BCUT2D eigenvalue weighted by molar-refractivity contribution is 0.858. The Bertz CT molecular complexity index is 750. The van der Waals surface area contributed by atoms with Crippen LogP contribution < -0.4 is 5.32 Å². The van der Waals surface area contributed by atoms with Crippen molar-refractivity contribution in [1.82, 2.24) is 14.6 Å². The van der Waals surface area contributed by atoms with Crippen LogP contribution >= 0.6 is 15.9 Å². The molecule has 0 aliphatic rings. The molecule has 0 amide bonds. The monoisotopic (exact) mass is 330 g/mol. The van der Waals surface area contributed by atoms with Gasteiger partial charge in [0.25, 0.3) is 0 Å². The quantitative estimate of drug-likeness (QED) is 0.789.